The van der Waals surface area contributed by atoms with Gasteiger partial charge in [-0.1, -0.05) is 60.7 Å². The monoisotopic (exact) mass is 521 g/mol. The van der Waals surface area contributed by atoms with E-state index in [0.29, 0.717) is 13.2 Å². The minimum Gasteiger partial charge on any atom is -0.490 e. The summed E-state index contributed by atoms with van der Waals surface area (Å²) in [6.45, 7) is 5.09. The van der Waals surface area contributed by atoms with Crippen molar-refractivity contribution in [2.75, 3.05) is 6.61 Å². The Morgan fingerprint density at radius 1 is 0.903 bits per heavy atom. The van der Waals surface area contributed by atoms with Gasteiger partial charge in [0.05, 0.1) is 15.9 Å². The van der Waals surface area contributed by atoms with Crippen LogP contribution >= 0.6 is 22.6 Å². The first-order valence-electron chi connectivity index (χ1n) is 10.3. The molecule has 0 N–H and O–H groups in total. The van der Waals surface area contributed by atoms with Gasteiger partial charge in [0.25, 0.3) is 0 Å². The van der Waals surface area contributed by atoms with Gasteiger partial charge in [0.1, 0.15) is 6.61 Å². The maximum Gasteiger partial charge on any atom is 0.175 e. The molecule has 0 amide bonds. The summed E-state index contributed by atoms with van der Waals surface area (Å²) in [6.07, 6.45) is 1.88. The molecule has 0 aliphatic rings. The maximum atomic E-state index is 6.27. The van der Waals surface area contributed by atoms with Crippen LogP contribution in [0.2, 0.25) is 0 Å². The topological polar surface area (TPSA) is 30.8 Å². The van der Waals surface area contributed by atoms with Gasteiger partial charge in [0.2, 0.25) is 0 Å². The second-order valence-corrected chi connectivity index (χ2v) is 8.40. The van der Waals surface area contributed by atoms with E-state index in [4.69, 9.17) is 9.47 Å². The lowest BCUT2D eigenvalue weighted by atomic mass is 10.1. The highest BCUT2D eigenvalue weighted by Gasteiger charge is 2.13. The molecule has 3 nitrogen and oxygen atoms in total. The summed E-state index contributed by atoms with van der Waals surface area (Å²) < 4.78 is 13.2. The number of benzene rings is 4. The van der Waals surface area contributed by atoms with E-state index in [0.717, 1.165) is 37.4 Å². The Morgan fingerprint density at radius 3 is 2.52 bits per heavy atom. The van der Waals surface area contributed by atoms with E-state index in [1.54, 1.807) is 0 Å². The van der Waals surface area contributed by atoms with Gasteiger partial charge >= 0.3 is 0 Å². The summed E-state index contributed by atoms with van der Waals surface area (Å²) in [7, 11) is 0. The van der Waals surface area contributed by atoms with E-state index in [1.807, 2.05) is 37.4 Å². The molecule has 0 atom stereocenters. The highest BCUT2D eigenvalue weighted by atomic mass is 127. The lowest BCUT2D eigenvalue weighted by Gasteiger charge is -2.15. The summed E-state index contributed by atoms with van der Waals surface area (Å²) in [5.41, 5.74) is 4.25. The number of para-hydroxylation sites is 1. The number of hydrogen-bond acceptors (Lipinski definition) is 3. The van der Waals surface area contributed by atoms with Crippen LogP contribution in [0.3, 0.4) is 0 Å². The fourth-order valence-corrected chi connectivity index (χ4v) is 4.27. The van der Waals surface area contributed by atoms with Crippen LogP contribution < -0.4 is 9.47 Å². The fourth-order valence-electron chi connectivity index (χ4n) is 3.49. The first-order chi connectivity index (χ1) is 15.2. The molecule has 4 heteroatoms. The first kappa shape index (κ1) is 21.4. The molecule has 4 aromatic carbocycles. The summed E-state index contributed by atoms with van der Waals surface area (Å²) in [5, 5.41) is 2.42. The van der Waals surface area contributed by atoms with Crippen LogP contribution in [-0.2, 0) is 6.61 Å². The third-order valence-corrected chi connectivity index (χ3v) is 5.85. The Morgan fingerprint density at radius 2 is 1.68 bits per heavy atom. The molecule has 4 rings (SSSR count). The van der Waals surface area contributed by atoms with E-state index in [1.165, 1.54) is 10.8 Å². The standard InChI is InChI=1S/C27H24INO2/c1-3-30-26-16-20(17-29-25-14-7-4-9-19(25)2)15-24(28)27(26)31-18-22-12-8-11-21-10-5-6-13-23(21)22/h4-17H,3,18H2,1-2H3. The number of ether oxygens (including phenoxy) is 2. The molecule has 0 saturated carbocycles. The quantitative estimate of drug-likeness (QED) is 0.187. The van der Waals surface area contributed by atoms with E-state index in [9.17, 15) is 0 Å². The first-order valence-corrected chi connectivity index (χ1v) is 11.4. The molecule has 0 unspecified atom stereocenters. The molecule has 31 heavy (non-hydrogen) atoms. The lowest BCUT2D eigenvalue weighted by Crippen LogP contribution is -2.03. The fraction of sp³-hybridized carbons (Fsp3) is 0.148. The summed E-state index contributed by atoms with van der Waals surface area (Å²) in [5.74, 6) is 1.50. The highest BCUT2D eigenvalue weighted by Crippen LogP contribution is 2.35. The van der Waals surface area contributed by atoms with Crippen LogP contribution in [0.4, 0.5) is 5.69 Å². The van der Waals surface area contributed by atoms with E-state index >= 15 is 0 Å². The molecule has 0 aliphatic heterocycles. The number of hydrogen-bond donors (Lipinski definition) is 0. The molecule has 0 heterocycles. The van der Waals surface area contributed by atoms with Gasteiger partial charge in [-0.3, -0.25) is 4.99 Å². The molecule has 156 valence electrons. The smallest absolute Gasteiger partial charge is 0.175 e. The molecule has 0 radical (unpaired) electrons. The molecule has 0 aliphatic carbocycles. The largest absolute Gasteiger partial charge is 0.490 e. The van der Waals surface area contributed by atoms with Crippen molar-refractivity contribution in [2.45, 2.75) is 20.5 Å². The minimum atomic E-state index is 0.480. The van der Waals surface area contributed by atoms with Gasteiger partial charge in [-0.05, 0) is 82.1 Å². The van der Waals surface area contributed by atoms with E-state index in [-0.39, 0.29) is 0 Å². The molecule has 0 bridgehead atoms. The molecular formula is C27H24INO2. The van der Waals surface area contributed by atoms with Crippen LogP contribution in [0.25, 0.3) is 10.8 Å². The second kappa shape index (κ2) is 9.96. The zero-order valence-corrected chi connectivity index (χ0v) is 19.8. The van der Waals surface area contributed by atoms with Crippen molar-refractivity contribution in [1.29, 1.82) is 0 Å². The van der Waals surface area contributed by atoms with Crippen molar-refractivity contribution >= 4 is 45.3 Å². The van der Waals surface area contributed by atoms with Gasteiger partial charge in [-0.2, -0.15) is 0 Å². The molecular weight excluding hydrogens is 497 g/mol. The normalized spacial score (nSPS) is 11.2. The number of aliphatic imine (C=N–C) groups is 1. The summed E-state index contributed by atoms with van der Waals surface area (Å²) >= 11 is 2.31. The SMILES string of the molecule is CCOc1cc(C=Nc2ccccc2C)cc(I)c1OCc1cccc2ccccc12. The molecule has 0 fully saturated rings. The van der Waals surface area contributed by atoms with Crippen LogP contribution in [0.15, 0.2) is 83.9 Å². The van der Waals surface area contributed by atoms with E-state index < -0.39 is 0 Å². The van der Waals surface area contributed by atoms with Crippen LogP contribution in [0, 0.1) is 10.5 Å². The maximum absolute atomic E-state index is 6.27. The summed E-state index contributed by atoms with van der Waals surface area (Å²) in [6, 6.07) is 26.8. The van der Waals surface area contributed by atoms with Crippen molar-refractivity contribution in [2.24, 2.45) is 4.99 Å². The van der Waals surface area contributed by atoms with Gasteiger partial charge < -0.3 is 9.47 Å². The average molecular weight is 521 g/mol. The molecule has 0 saturated heterocycles. The number of aryl methyl sites for hydroxylation is 1. The lowest BCUT2D eigenvalue weighted by molar-refractivity contribution is 0.268. The summed E-state index contributed by atoms with van der Waals surface area (Å²) in [4.78, 5) is 4.65. The van der Waals surface area contributed by atoms with Crippen molar-refractivity contribution in [3.63, 3.8) is 0 Å². The molecule has 0 aromatic heterocycles. The number of nitrogens with zero attached hydrogens (tertiary/aromatic N) is 1. The van der Waals surface area contributed by atoms with Crippen molar-refractivity contribution in [3.8, 4) is 11.5 Å². The van der Waals surface area contributed by atoms with Crippen LogP contribution in [0.1, 0.15) is 23.6 Å². The molecule has 4 aromatic rings. The van der Waals surface area contributed by atoms with Crippen molar-refractivity contribution in [3.05, 3.63) is 99.1 Å². The zero-order chi connectivity index (χ0) is 21.6. The Hall–Kier alpha value is -2.86. The Balaban J connectivity index is 1.61. The molecule has 0 spiro atoms. The predicted molar refractivity (Wildman–Crippen MR) is 137 cm³/mol. The third kappa shape index (κ3) is 5.07. The zero-order valence-electron chi connectivity index (χ0n) is 17.6. The van der Waals surface area contributed by atoms with Crippen LogP contribution in [-0.4, -0.2) is 12.8 Å². The minimum absolute atomic E-state index is 0.480. The van der Waals surface area contributed by atoms with Crippen molar-refractivity contribution in [1.82, 2.24) is 0 Å². The van der Waals surface area contributed by atoms with Gasteiger partial charge in [-0.15, -0.1) is 0 Å². The Bertz CT molecular complexity index is 1230. The third-order valence-electron chi connectivity index (χ3n) is 5.05. The Kier molecular flexibility index (Phi) is 6.87. The van der Waals surface area contributed by atoms with Gasteiger partial charge in [0, 0.05) is 6.21 Å². The van der Waals surface area contributed by atoms with Crippen molar-refractivity contribution < 1.29 is 9.47 Å². The van der Waals surface area contributed by atoms with Crippen LogP contribution in [0.5, 0.6) is 11.5 Å². The van der Waals surface area contributed by atoms with Gasteiger partial charge in [-0.25, -0.2) is 0 Å². The second-order valence-electron chi connectivity index (χ2n) is 7.23. The Labute approximate surface area is 196 Å². The average Bonchev–Trinajstić information content (AvgIpc) is 2.78. The number of fused-ring (bicyclic) bond motifs is 1. The number of halogens is 1. The van der Waals surface area contributed by atoms with Gasteiger partial charge in [0.15, 0.2) is 11.5 Å². The number of rotatable bonds is 7. The van der Waals surface area contributed by atoms with E-state index in [2.05, 4.69) is 89.1 Å². The highest BCUT2D eigenvalue weighted by molar-refractivity contribution is 14.1. The predicted octanol–water partition coefficient (Wildman–Crippen LogP) is 7.48.